The first-order valence-electron chi connectivity index (χ1n) is 6.50. The number of hydrogen-bond donors (Lipinski definition) is 1. The first-order valence-corrected chi connectivity index (χ1v) is 6.50. The van der Waals surface area contributed by atoms with Crippen LogP contribution < -0.4 is 0 Å². The van der Waals surface area contributed by atoms with E-state index in [1.165, 1.54) is 5.56 Å². The molecule has 0 heterocycles. The lowest BCUT2D eigenvalue weighted by atomic mass is 9.82. The minimum atomic E-state index is -0.746. The second-order valence-electron chi connectivity index (χ2n) is 4.83. The maximum absolute atomic E-state index is 11.3. The van der Waals surface area contributed by atoms with E-state index in [-0.39, 0.29) is 5.92 Å². The average molecular weight is 254 g/mol. The second-order valence-corrected chi connectivity index (χ2v) is 4.83. The third kappa shape index (κ3) is 3.44. The van der Waals surface area contributed by atoms with Crippen LogP contribution >= 0.6 is 0 Å². The summed E-state index contributed by atoms with van der Waals surface area (Å²) >= 11 is 0. The van der Waals surface area contributed by atoms with E-state index in [1.807, 2.05) is 60.7 Å². The van der Waals surface area contributed by atoms with Gasteiger partial charge in [0.2, 0.25) is 0 Å². The number of aliphatic carboxylic acids is 1. The number of rotatable bonds is 5. The lowest BCUT2D eigenvalue weighted by Gasteiger charge is -2.21. The maximum Gasteiger partial charge on any atom is 0.306 e. The van der Waals surface area contributed by atoms with Gasteiger partial charge in [-0.25, -0.2) is 0 Å². The largest absolute Gasteiger partial charge is 0.481 e. The molecule has 0 radical (unpaired) electrons. The molecule has 2 heteroatoms. The van der Waals surface area contributed by atoms with E-state index < -0.39 is 11.9 Å². The van der Waals surface area contributed by atoms with Crippen LogP contribution in [0.25, 0.3) is 0 Å². The van der Waals surface area contributed by atoms with Gasteiger partial charge in [-0.15, -0.1) is 0 Å². The third-order valence-electron chi connectivity index (χ3n) is 3.52. The van der Waals surface area contributed by atoms with Crippen molar-refractivity contribution in [2.24, 2.45) is 5.92 Å². The number of hydrogen-bond acceptors (Lipinski definition) is 1. The topological polar surface area (TPSA) is 37.3 Å². The van der Waals surface area contributed by atoms with Crippen molar-refractivity contribution in [2.75, 3.05) is 0 Å². The van der Waals surface area contributed by atoms with Gasteiger partial charge in [-0.05, 0) is 17.5 Å². The van der Waals surface area contributed by atoms with Crippen molar-refractivity contribution in [3.05, 3.63) is 71.8 Å². The van der Waals surface area contributed by atoms with Crippen molar-refractivity contribution in [2.45, 2.75) is 19.3 Å². The van der Waals surface area contributed by atoms with Gasteiger partial charge in [-0.3, -0.25) is 4.79 Å². The Balaban J connectivity index is 2.27. The van der Waals surface area contributed by atoms with Crippen molar-refractivity contribution in [1.82, 2.24) is 0 Å². The second kappa shape index (κ2) is 6.19. The van der Waals surface area contributed by atoms with Gasteiger partial charge in [-0.2, -0.15) is 0 Å². The third-order valence-corrected chi connectivity index (χ3v) is 3.52. The van der Waals surface area contributed by atoms with Crippen molar-refractivity contribution < 1.29 is 9.90 Å². The van der Waals surface area contributed by atoms with Gasteiger partial charge < -0.3 is 5.11 Å². The van der Waals surface area contributed by atoms with E-state index >= 15 is 0 Å². The zero-order valence-corrected chi connectivity index (χ0v) is 11.0. The molecule has 1 unspecified atom stereocenters. The monoisotopic (exact) mass is 254 g/mol. The van der Waals surface area contributed by atoms with Gasteiger partial charge in [0.25, 0.3) is 0 Å². The highest BCUT2D eigenvalue weighted by molar-refractivity contribution is 5.71. The molecule has 0 aliphatic carbocycles. The Bertz CT molecular complexity index is 519. The van der Waals surface area contributed by atoms with Crippen molar-refractivity contribution in [3.8, 4) is 0 Å². The van der Waals surface area contributed by atoms with E-state index in [2.05, 4.69) is 0 Å². The maximum atomic E-state index is 11.3. The quantitative estimate of drug-likeness (QED) is 0.882. The standard InChI is InChI=1S/C17H18O2/c1-13(17(18)19)16(15-10-6-3-7-11-15)12-14-8-4-2-5-9-14/h2-11,13,16H,12H2,1H3,(H,18,19)/t13?,16-/m0/s1. The van der Waals surface area contributed by atoms with Crippen molar-refractivity contribution in [1.29, 1.82) is 0 Å². The van der Waals surface area contributed by atoms with Crippen LogP contribution in [0.4, 0.5) is 0 Å². The van der Waals surface area contributed by atoms with Crippen LogP contribution in [0.5, 0.6) is 0 Å². The molecule has 2 atom stereocenters. The Morgan fingerprint density at radius 3 is 2.05 bits per heavy atom. The predicted molar refractivity (Wildman–Crippen MR) is 76.1 cm³/mol. The average Bonchev–Trinajstić information content (AvgIpc) is 2.46. The summed E-state index contributed by atoms with van der Waals surface area (Å²) in [5.74, 6) is -1.14. The molecule has 0 aromatic heterocycles. The van der Waals surface area contributed by atoms with E-state index in [4.69, 9.17) is 0 Å². The summed E-state index contributed by atoms with van der Waals surface area (Å²) in [6, 6.07) is 19.9. The van der Waals surface area contributed by atoms with Crippen LogP contribution in [0.2, 0.25) is 0 Å². The first-order chi connectivity index (χ1) is 9.18. The highest BCUT2D eigenvalue weighted by Crippen LogP contribution is 2.28. The molecule has 0 saturated heterocycles. The van der Waals surface area contributed by atoms with Gasteiger partial charge in [0.1, 0.15) is 0 Å². The molecule has 0 fully saturated rings. The van der Waals surface area contributed by atoms with E-state index in [1.54, 1.807) is 6.92 Å². The molecule has 0 bridgehead atoms. The number of carboxylic acids is 1. The zero-order valence-electron chi connectivity index (χ0n) is 11.0. The molecule has 2 nitrogen and oxygen atoms in total. The Hall–Kier alpha value is -2.09. The highest BCUT2D eigenvalue weighted by atomic mass is 16.4. The van der Waals surface area contributed by atoms with E-state index in [9.17, 15) is 9.90 Å². The summed E-state index contributed by atoms with van der Waals surface area (Å²) in [6.07, 6.45) is 0.748. The number of carbonyl (C=O) groups is 1. The van der Waals surface area contributed by atoms with Crippen molar-refractivity contribution in [3.63, 3.8) is 0 Å². The summed E-state index contributed by atoms with van der Waals surface area (Å²) < 4.78 is 0. The van der Waals surface area contributed by atoms with Gasteiger partial charge >= 0.3 is 5.97 Å². The first kappa shape index (κ1) is 13.3. The molecular formula is C17H18O2. The number of benzene rings is 2. The minimum Gasteiger partial charge on any atom is -0.481 e. The summed E-state index contributed by atoms with van der Waals surface area (Å²) in [6.45, 7) is 1.78. The van der Waals surface area contributed by atoms with Crippen LogP contribution in [0.1, 0.15) is 24.0 Å². The Labute approximate surface area is 113 Å². The molecule has 0 spiro atoms. The zero-order chi connectivity index (χ0) is 13.7. The van der Waals surface area contributed by atoms with Crippen LogP contribution in [0.3, 0.4) is 0 Å². The molecule has 0 aliphatic rings. The van der Waals surface area contributed by atoms with Gasteiger partial charge in [-0.1, -0.05) is 67.6 Å². The highest BCUT2D eigenvalue weighted by Gasteiger charge is 2.25. The minimum absolute atomic E-state index is 0.00102. The van der Waals surface area contributed by atoms with Crippen molar-refractivity contribution >= 4 is 5.97 Å². The molecule has 2 aromatic rings. The summed E-state index contributed by atoms with van der Waals surface area (Å²) in [4.78, 5) is 11.3. The molecule has 0 aliphatic heterocycles. The fourth-order valence-electron chi connectivity index (χ4n) is 2.32. The lowest BCUT2D eigenvalue weighted by Crippen LogP contribution is -2.21. The fourth-order valence-corrected chi connectivity index (χ4v) is 2.32. The molecule has 0 amide bonds. The SMILES string of the molecule is CC(C(=O)O)[C@H](Cc1ccccc1)c1ccccc1. The van der Waals surface area contributed by atoms with Gasteiger partial charge in [0.15, 0.2) is 0 Å². The Morgan fingerprint density at radius 2 is 1.53 bits per heavy atom. The summed E-state index contributed by atoms with van der Waals surface area (Å²) in [7, 11) is 0. The summed E-state index contributed by atoms with van der Waals surface area (Å²) in [5.41, 5.74) is 2.26. The Kier molecular flexibility index (Phi) is 4.35. The normalized spacial score (nSPS) is 13.7. The predicted octanol–water partition coefficient (Wildman–Crippen LogP) is 3.73. The molecule has 98 valence electrons. The van der Waals surface area contributed by atoms with Crippen LogP contribution in [-0.4, -0.2) is 11.1 Å². The molecule has 0 saturated carbocycles. The van der Waals surface area contributed by atoms with Crippen LogP contribution in [0, 0.1) is 5.92 Å². The van der Waals surface area contributed by atoms with Crippen LogP contribution in [0.15, 0.2) is 60.7 Å². The molecule has 2 aromatic carbocycles. The molecular weight excluding hydrogens is 236 g/mol. The molecule has 19 heavy (non-hydrogen) atoms. The number of carboxylic acid groups (broad SMARTS) is 1. The lowest BCUT2D eigenvalue weighted by molar-refractivity contribution is -0.141. The molecule has 2 rings (SSSR count). The van der Waals surface area contributed by atoms with Crippen LogP contribution in [-0.2, 0) is 11.2 Å². The Morgan fingerprint density at radius 1 is 1.00 bits per heavy atom. The molecule has 1 N–H and O–H groups in total. The smallest absolute Gasteiger partial charge is 0.306 e. The fraction of sp³-hybridized carbons (Fsp3) is 0.235. The van der Waals surface area contributed by atoms with E-state index in [0.29, 0.717) is 0 Å². The van der Waals surface area contributed by atoms with E-state index in [0.717, 1.165) is 12.0 Å². The van der Waals surface area contributed by atoms with Gasteiger partial charge in [0.05, 0.1) is 5.92 Å². The summed E-state index contributed by atoms with van der Waals surface area (Å²) in [5, 5.41) is 9.29. The van der Waals surface area contributed by atoms with Gasteiger partial charge in [0, 0.05) is 5.92 Å².